The van der Waals surface area contributed by atoms with Gasteiger partial charge in [0.2, 0.25) is 0 Å². The summed E-state index contributed by atoms with van der Waals surface area (Å²) in [5, 5.41) is 6.75. The number of amides is 2. The van der Waals surface area contributed by atoms with Gasteiger partial charge in [-0.05, 0) is 25.2 Å². The van der Waals surface area contributed by atoms with Crippen LogP contribution in [0.25, 0.3) is 0 Å². The van der Waals surface area contributed by atoms with E-state index < -0.39 is 17.8 Å². The number of urea groups is 1. The standard InChI is InChI=1S/C17H23F2N5O2/c18-17(19)13-3-10(4-14(13)17)8-26-12-6-24(7-12)16(25)23-2-1-11(5-23)15-20-9-21-22-15/h9-14H,1-8H2,(H,20,21,22). The van der Waals surface area contributed by atoms with E-state index in [1.54, 1.807) is 4.90 Å². The number of carbonyl (C=O) groups excluding carboxylic acids is 1. The number of alkyl halides is 2. The number of aromatic amines is 1. The predicted octanol–water partition coefficient (Wildman–Crippen LogP) is 1.71. The number of likely N-dealkylation sites (tertiary alicyclic amines) is 2. The molecule has 3 heterocycles. The Morgan fingerprint density at radius 2 is 2.04 bits per heavy atom. The summed E-state index contributed by atoms with van der Waals surface area (Å²) < 4.78 is 32.2. The molecule has 9 heteroatoms. The van der Waals surface area contributed by atoms with Crippen LogP contribution < -0.4 is 0 Å². The Morgan fingerprint density at radius 1 is 1.27 bits per heavy atom. The van der Waals surface area contributed by atoms with E-state index in [2.05, 4.69) is 15.2 Å². The quantitative estimate of drug-likeness (QED) is 0.879. The molecule has 2 aliphatic heterocycles. The minimum atomic E-state index is -2.41. The molecule has 4 aliphatic rings. The van der Waals surface area contributed by atoms with Gasteiger partial charge in [-0.15, -0.1) is 0 Å². The fourth-order valence-electron chi connectivity index (χ4n) is 4.79. The molecule has 26 heavy (non-hydrogen) atoms. The van der Waals surface area contributed by atoms with Crippen molar-refractivity contribution in [1.29, 1.82) is 0 Å². The summed E-state index contributed by atoms with van der Waals surface area (Å²) in [6.07, 6.45) is 3.60. The number of H-pyrrole nitrogens is 1. The maximum absolute atomic E-state index is 13.2. The summed E-state index contributed by atoms with van der Waals surface area (Å²) in [6.45, 7) is 3.13. The van der Waals surface area contributed by atoms with Gasteiger partial charge >= 0.3 is 6.03 Å². The third-order valence-electron chi connectivity index (χ3n) is 6.51. The number of aromatic nitrogens is 3. The van der Waals surface area contributed by atoms with Gasteiger partial charge < -0.3 is 14.5 Å². The van der Waals surface area contributed by atoms with E-state index in [0.717, 1.165) is 18.8 Å². The highest BCUT2D eigenvalue weighted by atomic mass is 19.3. The first-order chi connectivity index (χ1) is 12.5. The molecule has 1 aromatic heterocycles. The maximum atomic E-state index is 13.2. The second-order valence-electron chi connectivity index (χ2n) is 8.17. The van der Waals surface area contributed by atoms with Crippen molar-refractivity contribution in [3.63, 3.8) is 0 Å². The second kappa shape index (κ2) is 5.87. The van der Waals surface area contributed by atoms with Crippen LogP contribution in [-0.4, -0.2) is 75.8 Å². The Bertz CT molecular complexity index is 665. The Labute approximate surface area is 150 Å². The van der Waals surface area contributed by atoms with Gasteiger partial charge in [-0.1, -0.05) is 0 Å². The molecule has 0 aromatic carbocycles. The number of nitrogens with zero attached hydrogens (tertiary/aromatic N) is 4. The van der Waals surface area contributed by atoms with Gasteiger partial charge in [-0.3, -0.25) is 5.10 Å². The van der Waals surface area contributed by atoms with Crippen molar-refractivity contribution < 1.29 is 18.3 Å². The third kappa shape index (κ3) is 2.67. The van der Waals surface area contributed by atoms with Gasteiger partial charge in [0, 0.05) is 37.5 Å². The average Bonchev–Trinajstić information content (AvgIpc) is 3.17. The van der Waals surface area contributed by atoms with Crippen LogP contribution in [0.3, 0.4) is 0 Å². The summed E-state index contributed by atoms with van der Waals surface area (Å²) in [7, 11) is 0. The zero-order chi connectivity index (χ0) is 17.9. The van der Waals surface area contributed by atoms with E-state index >= 15 is 0 Å². The van der Waals surface area contributed by atoms with Crippen molar-refractivity contribution in [2.75, 3.05) is 32.8 Å². The molecule has 3 unspecified atom stereocenters. The normalized spacial score (nSPS) is 35.5. The molecule has 4 fully saturated rings. The van der Waals surface area contributed by atoms with Gasteiger partial charge in [0.1, 0.15) is 12.2 Å². The van der Waals surface area contributed by atoms with Crippen LogP contribution in [-0.2, 0) is 4.74 Å². The van der Waals surface area contributed by atoms with Crippen molar-refractivity contribution in [3.8, 4) is 0 Å². The third-order valence-corrected chi connectivity index (χ3v) is 6.51. The van der Waals surface area contributed by atoms with E-state index in [9.17, 15) is 13.6 Å². The maximum Gasteiger partial charge on any atom is 0.320 e. The van der Waals surface area contributed by atoms with Crippen LogP contribution in [0.4, 0.5) is 13.6 Å². The van der Waals surface area contributed by atoms with Gasteiger partial charge in [0.05, 0.1) is 19.2 Å². The first-order valence-electron chi connectivity index (χ1n) is 9.41. The van der Waals surface area contributed by atoms with Crippen molar-refractivity contribution in [1.82, 2.24) is 25.0 Å². The van der Waals surface area contributed by atoms with Crippen molar-refractivity contribution in [2.24, 2.45) is 17.8 Å². The summed E-state index contributed by atoms with van der Waals surface area (Å²) in [5.41, 5.74) is 0. The molecule has 1 N–H and O–H groups in total. The van der Waals surface area contributed by atoms with Crippen molar-refractivity contribution >= 4 is 6.03 Å². The Balaban J connectivity index is 1.02. The summed E-state index contributed by atoms with van der Waals surface area (Å²) in [6, 6.07) is 0.0496. The van der Waals surface area contributed by atoms with E-state index in [4.69, 9.17) is 4.74 Å². The van der Waals surface area contributed by atoms with Gasteiger partial charge in [0.25, 0.3) is 5.92 Å². The smallest absolute Gasteiger partial charge is 0.320 e. The number of hydrogen-bond donors (Lipinski definition) is 1. The lowest BCUT2D eigenvalue weighted by atomic mass is 10.0. The number of fused-ring (bicyclic) bond motifs is 1. The minimum Gasteiger partial charge on any atom is -0.374 e. The highest BCUT2D eigenvalue weighted by Crippen LogP contribution is 2.65. The highest BCUT2D eigenvalue weighted by molar-refractivity contribution is 5.75. The molecule has 142 valence electrons. The lowest BCUT2D eigenvalue weighted by Gasteiger charge is -2.41. The molecular formula is C17H23F2N5O2. The average molecular weight is 367 g/mol. The van der Waals surface area contributed by atoms with E-state index in [0.29, 0.717) is 39.1 Å². The molecule has 0 bridgehead atoms. The molecule has 7 nitrogen and oxygen atoms in total. The van der Waals surface area contributed by atoms with Crippen molar-refractivity contribution in [3.05, 3.63) is 12.2 Å². The molecular weight excluding hydrogens is 344 g/mol. The molecule has 0 spiro atoms. The highest BCUT2D eigenvalue weighted by Gasteiger charge is 2.71. The second-order valence-corrected chi connectivity index (χ2v) is 8.17. The molecule has 5 rings (SSSR count). The molecule has 2 amide bonds. The molecule has 3 atom stereocenters. The first-order valence-corrected chi connectivity index (χ1v) is 9.41. The topological polar surface area (TPSA) is 74.3 Å². The Morgan fingerprint density at radius 3 is 2.73 bits per heavy atom. The van der Waals surface area contributed by atoms with Crippen LogP contribution in [0, 0.1) is 17.8 Å². The number of hydrogen-bond acceptors (Lipinski definition) is 4. The lowest BCUT2D eigenvalue weighted by molar-refractivity contribution is -0.0568. The number of halogens is 2. The fourth-order valence-corrected chi connectivity index (χ4v) is 4.79. The fraction of sp³-hybridized carbons (Fsp3) is 0.824. The Kier molecular flexibility index (Phi) is 3.70. The molecule has 2 saturated carbocycles. The summed E-state index contributed by atoms with van der Waals surface area (Å²) in [5.74, 6) is -1.89. The van der Waals surface area contributed by atoms with Crippen LogP contribution in [0.2, 0.25) is 0 Å². The van der Waals surface area contributed by atoms with Gasteiger partial charge in [-0.25, -0.2) is 18.6 Å². The number of rotatable bonds is 4. The van der Waals surface area contributed by atoms with E-state index in [1.807, 2.05) is 4.90 Å². The van der Waals surface area contributed by atoms with Crippen LogP contribution in [0.5, 0.6) is 0 Å². The van der Waals surface area contributed by atoms with Gasteiger partial charge in [-0.2, -0.15) is 5.10 Å². The van der Waals surface area contributed by atoms with Crippen LogP contribution in [0.1, 0.15) is 31.0 Å². The summed E-state index contributed by atoms with van der Waals surface area (Å²) >= 11 is 0. The van der Waals surface area contributed by atoms with E-state index in [-0.39, 0.29) is 24.0 Å². The van der Waals surface area contributed by atoms with Crippen molar-refractivity contribution in [2.45, 2.75) is 37.2 Å². The largest absolute Gasteiger partial charge is 0.374 e. The number of ether oxygens (including phenoxy) is 1. The molecule has 2 saturated heterocycles. The zero-order valence-corrected chi connectivity index (χ0v) is 14.5. The molecule has 1 aromatic rings. The lowest BCUT2D eigenvalue weighted by Crippen LogP contribution is -2.58. The Hall–Kier alpha value is -1.77. The molecule has 2 aliphatic carbocycles. The first kappa shape index (κ1) is 16.4. The van der Waals surface area contributed by atoms with Crippen LogP contribution in [0.15, 0.2) is 6.33 Å². The SMILES string of the molecule is O=C(N1CC(OCC2CC3C(C2)C3(F)F)C1)N1CCC(c2ncn[nH]2)C1. The van der Waals surface area contributed by atoms with Gasteiger partial charge in [0.15, 0.2) is 0 Å². The predicted molar refractivity (Wildman–Crippen MR) is 86.7 cm³/mol. The van der Waals surface area contributed by atoms with Crippen LogP contribution >= 0.6 is 0 Å². The monoisotopic (exact) mass is 367 g/mol. The minimum absolute atomic E-state index is 0.0454. The summed E-state index contributed by atoms with van der Waals surface area (Å²) in [4.78, 5) is 20.4. The zero-order valence-electron chi connectivity index (χ0n) is 14.5. The number of carbonyl (C=O) groups is 1. The number of nitrogens with one attached hydrogen (secondary N) is 1. The van der Waals surface area contributed by atoms with E-state index in [1.165, 1.54) is 6.33 Å². The molecule has 0 radical (unpaired) electrons.